The van der Waals surface area contributed by atoms with Gasteiger partial charge in [-0.25, -0.2) is 0 Å². The zero-order valence-corrected chi connectivity index (χ0v) is 12.2. The zero-order valence-electron chi connectivity index (χ0n) is 9.03. The first kappa shape index (κ1) is 13.7. The van der Waals surface area contributed by atoms with Crippen LogP contribution >= 0.6 is 31.9 Å². The van der Waals surface area contributed by atoms with E-state index < -0.39 is 0 Å². The third-order valence-electron chi connectivity index (χ3n) is 2.07. The van der Waals surface area contributed by atoms with E-state index in [0.29, 0.717) is 6.61 Å². The second-order valence-electron chi connectivity index (χ2n) is 3.13. The summed E-state index contributed by atoms with van der Waals surface area (Å²) >= 11 is 6.91. The first-order valence-corrected chi connectivity index (χ1v) is 6.67. The van der Waals surface area contributed by atoms with Crippen molar-refractivity contribution in [1.29, 1.82) is 0 Å². The van der Waals surface area contributed by atoms with Gasteiger partial charge in [-0.2, -0.15) is 0 Å². The van der Waals surface area contributed by atoms with Crippen LogP contribution in [-0.4, -0.2) is 17.5 Å². The molecule has 1 aromatic rings. The van der Waals surface area contributed by atoms with Crippen LogP contribution in [0.4, 0.5) is 0 Å². The van der Waals surface area contributed by atoms with Crippen molar-refractivity contribution in [1.82, 2.24) is 0 Å². The Balaban J connectivity index is 2.96. The lowest BCUT2D eigenvalue weighted by molar-refractivity contribution is 0.116. The molecule has 1 unspecified atom stereocenters. The highest BCUT2D eigenvalue weighted by molar-refractivity contribution is 9.24. The van der Waals surface area contributed by atoms with Gasteiger partial charge in [0.15, 0.2) is 0 Å². The standard InChI is InChI=1S/C12H14Br2O2/c1-3-8-16-10-7-5-4-6-9(10)11(15-2)12(13)14/h3-7,11-12H,1,8H2,2H3. The normalized spacial score (nSPS) is 12.5. The van der Waals surface area contributed by atoms with Gasteiger partial charge in [-0.15, -0.1) is 0 Å². The van der Waals surface area contributed by atoms with Crippen LogP contribution < -0.4 is 4.74 Å². The van der Waals surface area contributed by atoms with Crippen molar-refractivity contribution in [2.45, 2.75) is 9.84 Å². The van der Waals surface area contributed by atoms with E-state index in [4.69, 9.17) is 9.47 Å². The molecule has 1 rings (SSSR count). The molecule has 0 bridgehead atoms. The minimum Gasteiger partial charge on any atom is -0.489 e. The zero-order chi connectivity index (χ0) is 12.0. The number of benzene rings is 1. The summed E-state index contributed by atoms with van der Waals surface area (Å²) in [6, 6.07) is 7.81. The molecule has 0 heterocycles. The molecular weight excluding hydrogens is 336 g/mol. The Bertz CT molecular complexity index is 340. The Morgan fingerprint density at radius 3 is 2.62 bits per heavy atom. The van der Waals surface area contributed by atoms with E-state index in [9.17, 15) is 0 Å². The summed E-state index contributed by atoms with van der Waals surface area (Å²) in [7, 11) is 1.67. The number of ether oxygens (including phenoxy) is 2. The van der Waals surface area contributed by atoms with E-state index in [2.05, 4.69) is 38.4 Å². The molecule has 0 saturated heterocycles. The SMILES string of the molecule is C=CCOc1ccccc1C(OC)C(Br)Br. The second kappa shape index (κ2) is 7.09. The number of alkyl halides is 2. The van der Waals surface area contributed by atoms with Gasteiger partial charge in [-0.3, -0.25) is 0 Å². The molecule has 16 heavy (non-hydrogen) atoms. The fraction of sp³-hybridized carbons (Fsp3) is 0.333. The molecule has 0 aromatic heterocycles. The lowest BCUT2D eigenvalue weighted by Crippen LogP contribution is -2.10. The van der Waals surface area contributed by atoms with Crippen LogP contribution in [0.5, 0.6) is 5.75 Å². The molecule has 88 valence electrons. The number of para-hydroxylation sites is 1. The van der Waals surface area contributed by atoms with Crippen LogP contribution in [-0.2, 0) is 4.74 Å². The molecule has 0 aliphatic heterocycles. The molecule has 4 heteroatoms. The van der Waals surface area contributed by atoms with Crippen molar-refractivity contribution < 1.29 is 9.47 Å². The fourth-order valence-corrected chi connectivity index (χ4v) is 2.36. The van der Waals surface area contributed by atoms with Gasteiger partial charge in [0, 0.05) is 12.7 Å². The van der Waals surface area contributed by atoms with Crippen molar-refractivity contribution in [2.75, 3.05) is 13.7 Å². The number of hydrogen-bond donors (Lipinski definition) is 0. The Labute approximate surface area is 113 Å². The lowest BCUT2D eigenvalue weighted by Gasteiger charge is -2.20. The minimum atomic E-state index is -0.0963. The Morgan fingerprint density at radius 2 is 2.06 bits per heavy atom. The smallest absolute Gasteiger partial charge is 0.125 e. The van der Waals surface area contributed by atoms with Crippen molar-refractivity contribution in [2.24, 2.45) is 0 Å². The summed E-state index contributed by atoms with van der Waals surface area (Å²) in [5.41, 5.74) is 1.01. The van der Waals surface area contributed by atoms with Gasteiger partial charge in [0.2, 0.25) is 0 Å². The highest BCUT2D eigenvalue weighted by Crippen LogP contribution is 2.35. The van der Waals surface area contributed by atoms with Gasteiger partial charge in [0.25, 0.3) is 0 Å². The maximum atomic E-state index is 5.58. The average molecular weight is 350 g/mol. The highest BCUT2D eigenvalue weighted by atomic mass is 79.9. The molecule has 0 aliphatic carbocycles. The van der Waals surface area contributed by atoms with Crippen LogP contribution in [0.1, 0.15) is 11.7 Å². The van der Waals surface area contributed by atoms with E-state index in [1.807, 2.05) is 24.3 Å². The Kier molecular flexibility index (Phi) is 6.09. The van der Waals surface area contributed by atoms with Gasteiger partial charge < -0.3 is 9.47 Å². The first-order chi connectivity index (χ1) is 7.70. The maximum Gasteiger partial charge on any atom is 0.125 e. The molecular formula is C12H14Br2O2. The first-order valence-electron chi connectivity index (χ1n) is 4.84. The quantitative estimate of drug-likeness (QED) is 0.569. The Hall–Kier alpha value is -0.320. The van der Waals surface area contributed by atoms with Crippen LogP contribution in [0.2, 0.25) is 0 Å². The summed E-state index contributed by atoms with van der Waals surface area (Å²) in [6.45, 7) is 4.12. The fourth-order valence-electron chi connectivity index (χ4n) is 1.36. The van der Waals surface area contributed by atoms with Gasteiger partial charge in [-0.1, -0.05) is 62.7 Å². The maximum absolute atomic E-state index is 5.58. The summed E-state index contributed by atoms with van der Waals surface area (Å²) in [4.78, 5) is 0. The molecule has 0 aliphatic rings. The molecule has 2 nitrogen and oxygen atoms in total. The van der Waals surface area contributed by atoms with Crippen LogP contribution in [0, 0.1) is 0 Å². The van der Waals surface area contributed by atoms with Crippen molar-refractivity contribution >= 4 is 31.9 Å². The number of halogens is 2. The molecule has 0 amide bonds. The lowest BCUT2D eigenvalue weighted by atomic mass is 10.1. The van der Waals surface area contributed by atoms with Gasteiger partial charge in [0.1, 0.15) is 22.2 Å². The molecule has 0 spiro atoms. The van der Waals surface area contributed by atoms with E-state index in [-0.39, 0.29) is 9.84 Å². The van der Waals surface area contributed by atoms with Crippen LogP contribution in [0.3, 0.4) is 0 Å². The topological polar surface area (TPSA) is 18.5 Å². The van der Waals surface area contributed by atoms with Crippen LogP contribution in [0.15, 0.2) is 36.9 Å². The van der Waals surface area contributed by atoms with Crippen LogP contribution in [0.25, 0.3) is 0 Å². The second-order valence-corrected chi connectivity index (χ2v) is 6.33. The third-order valence-corrected chi connectivity index (χ3v) is 3.03. The third kappa shape index (κ3) is 3.61. The monoisotopic (exact) mass is 348 g/mol. The molecule has 0 radical (unpaired) electrons. The largest absolute Gasteiger partial charge is 0.489 e. The average Bonchev–Trinajstić information content (AvgIpc) is 2.28. The van der Waals surface area contributed by atoms with Gasteiger partial charge in [0.05, 0.1) is 0 Å². The minimum absolute atomic E-state index is 0.0403. The predicted octanol–water partition coefficient (Wildman–Crippen LogP) is 4.05. The number of hydrogen-bond acceptors (Lipinski definition) is 2. The highest BCUT2D eigenvalue weighted by Gasteiger charge is 2.21. The Morgan fingerprint density at radius 1 is 1.38 bits per heavy atom. The molecule has 0 N–H and O–H groups in total. The molecule has 1 atom stereocenters. The van der Waals surface area contributed by atoms with Gasteiger partial charge >= 0.3 is 0 Å². The summed E-state index contributed by atoms with van der Waals surface area (Å²) < 4.78 is 11.0. The van der Waals surface area contributed by atoms with E-state index in [0.717, 1.165) is 11.3 Å². The van der Waals surface area contributed by atoms with E-state index in [1.54, 1.807) is 13.2 Å². The van der Waals surface area contributed by atoms with Gasteiger partial charge in [-0.05, 0) is 6.07 Å². The van der Waals surface area contributed by atoms with E-state index >= 15 is 0 Å². The number of rotatable bonds is 6. The van der Waals surface area contributed by atoms with Crippen molar-refractivity contribution in [3.8, 4) is 5.75 Å². The molecule has 0 saturated carbocycles. The van der Waals surface area contributed by atoms with Crippen molar-refractivity contribution in [3.05, 3.63) is 42.5 Å². The van der Waals surface area contributed by atoms with Crippen molar-refractivity contribution in [3.63, 3.8) is 0 Å². The summed E-state index contributed by atoms with van der Waals surface area (Å²) in [5.74, 6) is 0.818. The summed E-state index contributed by atoms with van der Waals surface area (Å²) in [5, 5.41) is 0. The predicted molar refractivity (Wildman–Crippen MR) is 73.5 cm³/mol. The number of methoxy groups -OCH3 is 1. The van der Waals surface area contributed by atoms with E-state index in [1.165, 1.54) is 0 Å². The summed E-state index contributed by atoms with van der Waals surface area (Å²) in [6.07, 6.45) is 1.62. The molecule has 0 fully saturated rings. The molecule has 1 aromatic carbocycles.